The smallest absolute Gasteiger partial charge is 0.264 e. The summed E-state index contributed by atoms with van der Waals surface area (Å²) in [5.41, 5.74) is 1.66. The standard InChI is InChI=1S/C26H26Cl3N3O4S/c1-17-7-9-24(10-8-17)37(35,36)32(23-13-21(28)12-22(29)14-23)16-25(33)31(18(2)26(34)30-3)15-19-5-4-6-20(27)11-19/h4-14,18H,15-16H2,1-3H3,(H,30,34). The van der Waals surface area contributed by atoms with Crippen LogP contribution in [0, 0.1) is 6.92 Å². The van der Waals surface area contributed by atoms with E-state index >= 15 is 0 Å². The van der Waals surface area contributed by atoms with E-state index in [2.05, 4.69) is 5.32 Å². The van der Waals surface area contributed by atoms with Gasteiger partial charge in [-0.2, -0.15) is 0 Å². The van der Waals surface area contributed by atoms with E-state index in [-0.39, 0.29) is 27.2 Å². The molecule has 7 nitrogen and oxygen atoms in total. The van der Waals surface area contributed by atoms with Gasteiger partial charge in [-0.1, -0.05) is 64.6 Å². The lowest BCUT2D eigenvalue weighted by Gasteiger charge is -2.32. The second-order valence-corrected chi connectivity index (χ2v) is 11.6. The number of likely N-dealkylation sites (N-methyl/N-ethyl adjacent to an activating group) is 1. The Hall–Kier alpha value is -2.78. The van der Waals surface area contributed by atoms with Gasteiger partial charge in [-0.25, -0.2) is 8.42 Å². The average Bonchev–Trinajstić information content (AvgIpc) is 2.84. The van der Waals surface area contributed by atoms with E-state index in [0.29, 0.717) is 10.6 Å². The molecule has 3 aromatic rings. The van der Waals surface area contributed by atoms with Crippen molar-refractivity contribution in [3.05, 3.63) is 92.9 Å². The van der Waals surface area contributed by atoms with Crippen LogP contribution in [0.3, 0.4) is 0 Å². The van der Waals surface area contributed by atoms with Crippen molar-refractivity contribution in [2.45, 2.75) is 31.3 Å². The lowest BCUT2D eigenvalue weighted by atomic mass is 10.1. The lowest BCUT2D eigenvalue weighted by molar-refractivity contribution is -0.139. The van der Waals surface area contributed by atoms with Crippen LogP contribution in [-0.4, -0.2) is 44.8 Å². The molecular weight excluding hydrogens is 557 g/mol. The predicted molar refractivity (Wildman–Crippen MR) is 148 cm³/mol. The molecule has 0 spiro atoms. The molecule has 0 fully saturated rings. The molecule has 37 heavy (non-hydrogen) atoms. The quantitative estimate of drug-likeness (QED) is 0.370. The van der Waals surface area contributed by atoms with Crippen LogP contribution in [0.1, 0.15) is 18.1 Å². The molecule has 3 rings (SSSR count). The molecule has 1 atom stereocenters. The van der Waals surface area contributed by atoms with Gasteiger partial charge >= 0.3 is 0 Å². The molecule has 196 valence electrons. The maximum absolute atomic E-state index is 13.8. The maximum Gasteiger partial charge on any atom is 0.264 e. The first-order chi connectivity index (χ1) is 17.4. The highest BCUT2D eigenvalue weighted by Gasteiger charge is 2.32. The largest absolute Gasteiger partial charge is 0.357 e. The number of hydrogen-bond donors (Lipinski definition) is 1. The number of amides is 2. The molecule has 0 aliphatic rings. The minimum absolute atomic E-state index is 0.0114. The fraction of sp³-hybridized carbons (Fsp3) is 0.231. The number of nitrogens with zero attached hydrogens (tertiary/aromatic N) is 2. The molecule has 1 unspecified atom stereocenters. The van der Waals surface area contributed by atoms with Crippen LogP contribution in [-0.2, 0) is 26.2 Å². The van der Waals surface area contributed by atoms with Gasteiger partial charge in [0.15, 0.2) is 0 Å². The Balaban J connectivity index is 2.07. The summed E-state index contributed by atoms with van der Waals surface area (Å²) in [6.07, 6.45) is 0. The van der Waals surface area contributed by atoms with Crippen LogP contribution < -0.4 is 9.62 Å². The Kier molecular flexibility index (Phi) is 9.47. The van der Waals surface area contributed by atoms with Crippen molar-refractivity contribution in [3.63, 3.8) is 0 Å². The molecule has 0 saturated heterocycles. The molecule has 0 aromatic heterocycles. The molecule has 3 aromatic carbocycles. The minimum Gasteiger partial charge on any atom is -0.357 e. The van der Waals surface area contributed by atoms with Crippen LogP contribution >= 0.6 is 34.8 Å². The van der Waals surface area contributed by atoms with Gasteiger partial charge in [-0.05, 0) is 61.9 Å². The fourth-order valence-corrected chi connectivity index (χ4v) is 5.80. The van der Waals surface area contributed by atoms with Crippen molar-refractivity contribution < 1.29 is 18.0 Å². The molecule has 0 heterocycles. The van der Waals surface area contributed by atoms with E-state index in [1.165, 1.54) is 42.3 Å². The number of anilines is 1. The van der Waals surface area contributed by atoms with Crippen molar-refractivity contribution in [1.29, 1.82) is 0 Å². The van der Waals surface area contributed by atoms with Gasteiger partial charge in [-0.15, -0.1) is 0 Å². The number of rotatable bonds is 9. The summed E-state index contributed by atoms with van der Waals surface area (Å²) < 4.78 is 28.5. The number of benzene rings is 3. The highest BCUT2D eigenvalue weighted by atomic mass is 35.5. The van der Waals surface area contributed by atoms with Gasteiger partial charge in [0.1, 0.15) is 12.6 Å². The zero-order valence-electron chi connectivity index (χ0n) is 20.4. The van der Waals surface area contributed by atoms with Crippen molar-refractivity contribution in [2.75, 3.05) is 17.9 Å². The van der Waals surface area contributed by atoms with Crippen molar-refractivity contribution >= 4 is 62.3 Å². The third kappa shape index (κ3) is 7.17. The molecule has 0 aliphatic carbocycles. The number of carbonyl (C=O) groups excluding carboxylic acids is 2. The monoisotopic (exact) mass is 581 g/mol. The van der Waals surface area contributed by atoms with Crippen LogP contribution in [0.5, 0.6) is 0 Å². The Labute approximate surface area is 232 Å². The summed E-state index contributed by atoms with van der Waals surface area (Å²) >= 11 is 18.5. The highest BCUT2D eigenvalue weighted by molar-refractivity contribution is 7.92. The topological polar surface area (TPSA) is 86.8 Å². The van der Waals surface area contributed by atoms with Gasteiger partial charge in [0.25, 0.3) is 10.0 Å². The van der Waals surface area contributed by atoms with E-state index in [4.69, 9.17) is 34.8 Å². The maximum atomic E-state index is 13.8. The normalized spacial score (nSPS) is 12.1. The van der Waals surface area contributed by atoms with E-state index in [1.807, 2.05) is 6.92 Å². The third-order valence-electron chi connectivity index (χ3n) is 5.68. The number of hydrogen-bond acceptors (Lipinski definition) is 4. The van der Waals surface area contributed by atoms with E-state index in [0.717, 1.165) is 9.87 Å². The first kappa shape index (κ1) is 28.8. The van der Waals surface area contributed by atoms with Gasteiger partial charge in [0, 0.05) is 28.7 Å². The predicted octanol–water partition coefficient (Wildman–Crippen LogP) is 5.31. The molecule has 2 amide bonds. The van der Waals surface area contributed by atoms with E-state index in [1.54, 1.807) is 43.3 Å². The van der Waals surface area contributed by atoms with Gasteiger partial charge in [-0.3, -0.25) is 13.9 Å². The highest BCUT2D eigenvalue weighted by Crippen LogP contribution is 2.30. The van der Waals surface area contributed by atoms with Gasteiger partial charge < -0.3 is 10.2 Å². The van der Waals surface area contributed by atoms with Crippen LogP contribution in [0.4, 0.5) is 5.69 Å². The molecule has 0 aliphatic heterocycles. The van der Waals surface area contributed by atoms with Gasteiger partial charge in [0.2, 0.25) is 11.8 Å². The average molecular weight is 583 g/mol. The van der Waals surface area contributed by atoms with Crippen molar-refractivity contribution in [1.82, 2.24) is 10.2 Å². The first-order valence-corrected chi connectivity index (χ1v) is 13.8. The van der Waals surface area contributed by atoms with Gasteiger partial charge in [0.05, 0.1) is 10.6 Å². The third-order valence-corrected chi connectivity index (χ3v) is 8.14. The molecule has 1 N–H and O–H groups in total. The summed E-state index contributed by atoms with van der Waals surface area (Å²) in [5.74, 6) is -1.02. The summed E-state index contributed by atoms with van der Waals surface area (Å²) in [5, 5.41) is 3.40. The van der Waals surface area contributed by atoms with E-state index in [9.17, 15) is 18.0 Å². The zero-order valence-corrected chi connectivity index (χ0v) is 23.5. The zero-order chi connectivity index (χ0) is 27.3. The SMILES string of the molecule is CNC(=O)C(C)N(Cc1cccc(Cl)c1)C(=O)CN(c1cc(Cl)cc(Cl)c1)S(=O)(=O)c1ccc(C)cc1. The Morgan fingerprint density at radius 3 is 2.11 bits per heavy atom. The van der Waals surface area contributed by atoms with Crippen LogP contribution in [0.15, 0.2) is 71.6 Å². The molecular formula is C26H26Cl3N3O4S. The van der Waals surface area contributed by atoms with Crippen molar-refractivity contribution in [3.8, 4) is 0 Å². The summed E-state index contributed by atoms with van der Waals surface area (Å²) in [6, 6.07) is 16.5. The molecule has 0 radical (unpaired) electrons. The Morgan fingerprint density at radius 2 is 1.54 bits per heavy atom. The molecule has 11 heteroatoms. The second kappa shape index (κ2) is 12.2. The number of aryl methyl sites for hydroxylation is 1. The lowest BCUT2D eigenvalue weighted by Crippen LogP contribution is -2.50. The molecule has 0 saturated carbocycles. The molecule has 0 bridgehead atoms. The fourth-order valence-electron chi connectivity index (χ4n) is 3.67. The summed E-state index contributed by atoms with van der Waals surface area (Å²) in [4.78, 5) is 27.5. The van der Waals surface area contributed by atoms with E-state index < -0.39 is 34.4 Å². The van der Waals surface area contributed by atoms with Crippen molar-refractivity contribution in [2.24, 2.45) is 0 Å². The number of sulfonamides is 1. The number of halogens is 3. The summed E-state index contributed by atoms with van der Waals surface area (Å²) in [6.45, 7) is 2.83. The minimum atomic E-state index is -4.22. The Bertz CT molecular complexity index is 1380. The van der Waals surface area contributed by atoms with Crippen LogP contribution in [0.2, 0.25) is 15.1 Å². The number of carbonyl (C=O) groups is 2. The number of nitrogens with one attached hydrogen (secondary N) is 1. The first-order valence-electron chi connectivity index (χ1n) is 11.2. The Morgan fingerprint density at radius 1 is 0.919 bits per heavy atom. The van der Waals surface area contributed by atoms with Crippen LogP contribution in [0.25, 0.3) is 0 Å². The summed E-state index contributed by atoms with van der Waals surface area (Å²) in [7, 11) is -2.76. The second-order valence-electron chi connectivity index (χ2n) is 8.39.